The Bertz CT molecular complexity index is 387. The average Bonchev–Trinajstić information content (AvgIpc) is 2.40. The van der Waals surface area contributed by atoms with Crippen molar-refractivity contribution in [2.45, 2.75) is 37.7 Å². The van der Waals surface area contributed by atoms with Crippen molar-refractivity contribution in [1.29, 1.82) is 0 Å². The highest BCUT2D eigenvalue weighted by Crippen LogP contribution is 2.24. The topological polar surface area (TPSA) is 70.1 Å². The quantitative estimate of drug-likeness (QED) is 0.803. The molecule has 0 radical (unpaired) electrons. The Kier molecular flexibility index (Phi) is 4.84. The molecule has 2 fully saturated rings. The van der Waals surface area contributed by atoms with Crippen molar-refractivity contribution in [3.8, 4) is 0 Å². The first kappa shape index (κ1) is 15.2. The van der Waals surface area contributed by atoms with Crippen LogP contribution in [0, 0.1) is 0 Å². The molecule has 7 heteroatoms. The van der Waals surface area contributed by atoms with Crippen LogP contribution in [0.2, 0.25) is 0 Å². The number of piperidine rings is 1. The van der Waals surface area contributed by atoms with Crippen LogP contribution in [0.3, 0.4) is 0 Å². The van der Waals surface area contributed by atoms with Crippen LogP contribution in [0.15, 0.2) is 0 Å². The van der Waals surface area contributed by atoms with Gasteiger partial charge in [0.25, 0.3) is 10.2 Å². The van der Waals surface area contributed by atoms with Crippen LogP contribution in [0.4, 0.5) is 0 Å². The molecule has 19 heavy (non-hydrogen) atoms. The molecule has 0 amide bonds. The van der Waals surface area contributed by atoms with Crippen LogP contribution in [0.1, 0.15) is 32.1 Å². The van der Waals surface area contributed by atoms with Gasteiger partial charge in [0.15, 0.2) is 0 Å². The summed E-state index contributed by atoms with van der Waals surface area (Å²) in [6.45, 7) is 2.32. The molecule has 112 valence electrons. The van der Waals surface area contributed by atoms with Crippen LogP contribution in [0.25, 0.3) is 0 Å². The summed E-state index contributed by atoms with van der Waals surface area (Å²) in [7, 11) is -1.88. The molecule has 0 aromatic carbocycles. The molecule has 0 atom stereocenters. The number of rotatable bonds is 4. The standard InChI is InChI=1S/C12H24N2O4S/c1-13(11-12(15)5-9-18-10-6-12)19(16,17)14-7-3-2-4-8-14/h15H,2-11H2,1H3. The zero-order valence-corrected chi connectivity index (χ0v) is 12.4. The van der Waals surface area contributed by atoms with E-state index in [2.05, 4.69) is 0 Å². The van der Waals surface area contributed by atoms with Crippen LogP contribution in [-0.4, -0.2) is 67.6 Å². The molecule has 0 aromatic heterocycles. The van der Waals surface area contributed by atoms with E-state index >= 15 is 0 Å². The summed E-state index contributed by atoms with van der Waals surface area (Å²) >= 11 is 0. The minimum absolute atomic E-state index is 0.148. The van der Waals surface area contributed by atoms with Crippen molar-refractivity contribution in [2.75, 3.05) is 39.9 Å². The van der Waals surface area contributed by atoms with E-state index in [0.29, 0.717) is 39.1 Å². The van der Waals surface area contributed by atoms with Crippen LogP contribution in [0.5, 0.6) is 0 Å². The van der Waals surface area contributed by atoms with Gasteiger partial charge in [0.1, 0.15) is 0 Å². The number of ether oxygens (including phenoxy) is 1. The maximum atomic E-state index is 12.4. The fraction of sp³-hybridized carbons (Fsp3) is 1.00. The highest BCUT2D eigenvalue weighted by molar-refractivity contribution is 7.86. The summed E-state index contributed by atoms with van der Waals surface area (Å²) in [5.74, 6) is 0. The van der Waals surface area contributed by atoms with Crippen molar-refractivity contribution in [3.05, 3.63) is 0 Å². The van der Waals surface area contributed by atoms with Crippen LogP contribution < -0.4 is 0 Å². The molecule has 2 saturated heterocycles. The van der Waals surface area contributed by atoms with Gasteiger partial charge in [-0.2, -0.15) is 17.0 Å². The lowest BCUT2D eigenvalue weighted by Crippen LogP contribution is -2.51. The lowest BCUT2D eigenvalue weighted by molar-refractivity contribution is -0.0694. The Labute approximate surface area is 115 Å². The maximum absolute atomic E-state index is 12.4. The third kappa shape index (κ3) is 3.66. The van der Waals surface area contributed by atoms with E-state index in [1.807, 2.05) is 0 Å². The fourth-order valence-electron chi connectivity index (χ4n) is 2.70. The van der Waals surface area contributed by atoms with E-state index < -0.39 is 15.8 Å². The Morgan fingerprint density at radius 3 is 2.37 bits per heavy atom. The third-order valence-corrected chi connectivity index (χ3v) is 5.91. The molecular formula is C12H24N2O4S. The van der Waals surface area contributed by atoms with E-state index in [4.69, 9.17) is 4.74 Å². The van der Waals surface area contributed by atoms with Gasteiger partial charge in [0, 0.05) is 52.7 Å². The number of hydrogen-bond donors (Lipinski definition) is 1. The molecule has 1 N–H and O–H groups in total. The molecule has 2 rings (SSSR count). The van der Waals surface area contributed by atoms with Crippen molar-refractivity contribution in [1.82, 2.24) is 8.61 Å². The summed E-state index contributed by atoms with van der Waals surface area (Å²) in [6.07, 6.45) is 3.92. The summed E-state index contributed by atoms with van der Waals surface area (Å²) in [5.41, 5.74) is -0.949. The van der Waals surface area contributed by atoms with Gasteiger partial charge in [-0.25, -0.2) is 0 Å². The minimum Gasteiger partial charge on any atom is -0.388 e. The predicted octanol–water partition coefficient (Wildman–Crippen LogP) is 0.190. The van der Waals surface area contributed by atoms with Gasteiger partial charge in [-0.05, 0) is 12.8 Å². The normalized spacial score (nSPS) is 25.6. The second-order valence-corrected chi connectivity index (χ2v) is 7.60. The first-order valence-electron chi connectivity index (χ1n) is 6.96. The van der Waals surface area contributed by atoms with E-state index in [-0.39, 0.29) is 6.54 Å². The van der Waals surface area contributed by atoms with E-state index in [9.17, 15) is 13.5 Å². The van der Waals surface area contributed by atoms with Gasteiger partial charge >= 0.3 is 0 Å². The summed E-state index contributed by atoms with van der Waals surface area (Å²) in [6, 6.07) is 0. The monoisotopic (exact) mass is 292 g/mol. The van der Waals surface area contributed by atoms with Crippen molar-refractivity contribution >= 4 is 10.2 Å². The minimum atomic E-state index is -3.43. The highest BCUT2D eigenvalue weighted by atomic mass is 32.2. The molecule has 0 aliphatic carbocycles. The Balaban J connectivity index is 1.99. The molecular weight excluding hydrogens is 268 g/mol. The number of likely N-dealkylation sites (N-methyl/N-ethyl adjacent to an activating group) is 1. The van der Waals surface area contributed by atoms with Crippen molar-refractivity contribution in [3.63, 3.8) is 0 Å². The molecule has 0 saturated carbocycles. The molecule has 6 nitrogen and oxygen atoms in total. The van der Waals surface area contributed by atoms with Gasteiger partial charge in [0.05, 0.1) is 5.60 Å². The predicted molar refractivity (Wildman–Crippen MR) is 72.0 cm³/mol. The largest absolute Gasteiger partial charge is 0.388 e. The second-order valence-electron chi connectivity index (χ2n) is 5.56. The first-order chi connectivity index (χ1) is 8.94. The summed E-state index contributed by atoms with van der Waals surface area (Å²) in [5, 5.41) is 10.4. The summed E-state index contributed by atoms with van der Waals surface area (Å²) in [4.78, 5) is 0. The zero-order chi connectivity index (χ0) is 13.9. The Hall–Kier alpha value is -0.210. The molecule has 2 aliphatic heterocycles. The number of hydrogen-bond acceptors (Lipinski definition) is 4. The zero-order valence-electron chi connectivity index (χ0n) is 11.5. The van der Waals surface area contributed by atoms with Gasteiger partial charge < -0.3 is 9.84 Å². The number of nitrogens with zero attached hydrogens (tertiary/aromatic N) is 2. The SMILES string of the molecule is CN(CC1(O)CCOCC1)S(=O)(=O)N1CCCCC1. The van der Waals surface area contributed by atoms with E-state index in [1.165, 1.54) is 8.61 Å². The highest BCUT2D eigenvalue weighted by Gasteiger charge is 2.36. The lowest BCUT2D eigenvalue weighted by atomic mass is 9.95. The summed E-state index contributed by atoms with van der Waals surface area (Å²) < 4.78 is 32.9. The molecule has 0 bridgehead atoms. The van der Waals surface area contributed by atoms with Crippen molar-refractivity contribution in [2.24, 2.45) is 0 Å². The smallest absolute Gasteiger partial charge is 0.281 e. The Morgan fingerprint density at radius 2 is 1.79 bits per heavy atom. The van der Waals surface area contributed by atoms with Crippen LogP contribution in [-0.2, 0) is 14.9 Å². The Morgan fingerprint density at radius 1 is 1.21 bits per heavy atom. The van der Waals surface area contributed by atoms with E-state index in [1.54, 1.807) is 7.05 Å². The fourth-order valence-corrected chi connectivity index (χ4v) is 4.22. The molecule has 2 aliphatic rings. The molecule has 2 heterocycles. The van der Waals surface area contributed by atoms with E-state index in [0.717, 1.165) is 19.3 Å². The van der Waals surface area contributed by atoms with Gasteiger partial charge in [-0.3, -0.25) is 0 Å². The molecule has 0 spiro atoms. The molecule has 0 aromatic rings. The van der Waals surface area contributed by atoms with Crippen LogP contribution >= 0.6 is 0 Å². The average molecular weight is 292 g/mol. The maximum Gasteiger partial charge on any atom is 0.281 e. The first-order valence-corrected chi connectivity index (χ1v) is 8.35. The lowest BCUT2D eigenvalue weighted by Gasteiger charge is -2.37. The van der Waals surface area contributed by atoms with Gasteiger partial charge in [0.2, 0.25) is 0 Å². The van der Waals surface area contributed by atoms with Gasteiger partial charge in [-0.1, -0.05) is 6.42 Å². The molecule has 0 unspecified atom stereocenters. The van der Waals surface area contributed by atoms with Gasteiger partial charge in [-0.15, -0.1) is 0 Å². The number of aliphatic hydroxyl groups is 1. The third-order valence-electron chi connectivity index (χ3n) is 3.98. The van der Waals surface area contributed by atoms with Crippen molar-refractivity contribution < 1.29 is 18.3 Å². The second kappa shape index (κ2) is 6.05.